The van der Waals surface area contributed by atoms with Crippen LogP contribution in [-0.2, 0) is 0 Å². The van der Waals surface area contributed by atoms with Gasteiger partial charge in [0.05, 0.1) is 11.4 Å². The molecular formula is C52H32N2S2. The maximum absolute atomic E-state index is 5.36. The lowest BCUT2D eigenvalue weighted by molar-refractivity contribution is 1.18. The Morgan fingerprint density at radius 1 is 0.286 bits per heavy atom. The van der Waals surface area contributed by atoms with Crippen molar-refractivity contribution in [1.82, 2.24) is 9.97 Å². The molecule has 56 heavy (non-hydrogen) atoms. The molecular weight excluding hydrogens is 717 g/mol. The zero-order valence-electron chi connectivity index (χ0n) is 30.2. The van der Waals surface area contributed by atoms with Gasteiger partial charge in [-0.15, -0.1) is 22.7 Å². The van der Waals surface area contributed by atoms with E-state index in [9.17, 15) is 0 Å². The zero-order chi connectivity index (χ0) is 37.0. The van der Waals surface area contributed by atoms with Crippen LogP contribution in [0.1, 0.15) is 0 Å². The smallest absolute Gasteiger partial charge is 0.160 e. The molecule has 0 N–H and O–H groups in total. The van der Waals surface area contributed by atoms with Gasteiger partial charge < -0.3 is 0 Å². The monoisotopic (exact) mass is 748 g/mol. The van der Waals surface area contributed by atoms with E-state index >= 15 is 0 Å². The Labute approximate surface area is 332 Å². The van der Waals surface area contributed by atoms with Gasteiger partial charge in [-0.2, -0.15) is 0 Å². The molecule has 0 unspecified atom stereocenters. The lowest BCUT2D eigenvalue weighted by atomic mass is 9.92. The van der Waals surface area contributed by atoms with E-state index in [4.69, 9.17) is 9.97 Å². The normalized spacial score (nSPS) is 11.6. The second kappa shape index (κ2) is 13.5. The van der Waals surface area contributed by atoms with Crippen LogP contribution < -0.4 is 0 Å². The van der Waals surface area contributed by atoms with Gasteiger partial charge in [-0.25, -0.2) is 9.97 Å². The Bertz CT molecular complexity index is 3120. The summed E-state index contributed by atoms with van der Waals surface area (Å²) in [5, 5.41) is 5.17. The maximum atomic E-state index is 5.36. The summed E-state index contributed by atoms with van der Waals surface area (Å²) in [7, 11) is 0. The number of rotatable bonds is 6. The first-order valence-electron chi connectivity index (χ1n) is 18.8. The van der Waals surface area contributed by atoms with Crippen LogP contribution in [0, 0.1) is 0 Å². The molecule has 262 valence electrons. The van der Waals surface area contributed by atoms with E-state index in [-0.39, 0.29) is 0 Å². The standard InChI is InChI=1S/C52H32N2S2/c1-3-15-33(16-4-1)38-19-7-8-20-41(38)47-32-46(53-52(54-47)34-17-5-2-6-18-34)37-30-35(39-23-13-25-44-42-21-9-11-27-48(42)55-50(39)44)29-36(31-37)40-24-14-26-45-43-22-10-12-28-49(43)56-51(40)45/h1-32H. The summed E-state index contributed by atoms with van der Waals surface area (Å²) < 4.78 is 5.18. The van der Waals surface area contributed by atoms with Gasteiger partial charge in [0.15, 0.2) is 5.82 Å². The number of fused-ring (bicyclic) bond motifs is 6. The Balaban J connectivity index is 1.19. The summed E-state index contributed by atoms with van der Waals surface area (Å²) >= 11 is 3.73. The highest BCUT2D eigenvalue weighted by molar-refractivity contribution is 7.26. The van der Waals surface area contributed by atoms with Crippen LogP contribution >= 0.6 is 22.7 Å². The maximum Gasteiger partial charge on any atom is 0.160 e. The van der Waals surface area contributed by atoms with Crippen molar-refractivity contribution >= 4 is 63.0 Å². The highest BCUT2D eigenvalue weighted by Gasteiger charge is 2.19. The number of nitrogens with zero attached hydrogens (tertiary/aromatic N) is 2. The van der Waals surface area contributed by atoms with Crippen molar-refractivity contribution < 1.29 is 0 Å². The molecule has 0 aliphatic heterocycles. The van der Waals surface area contributed by atoms with Crippen molar-refractivity contribution in [1.29, 1.82) is 0 Å². The molecule has 4 heteroatoms. The van der Waals surface area contributed by atoms with E-state index in [1.54, 1.807) is 0 Å². The summed E-state index contributed by atoms with van der Waals surface area (Å²) in [5.74, 6) is 0.700. The predicted octanol–water partition coefficient (Wildman–Crippen LogP) is 15.2. The van der Waals surface area contributed by atoms with E-state index in [0.717, 1.165) is 39.2 Å². The lowest BCUT2D eigenvalue weighted by Crippen LogP contribution is -1.97. The van der Waals surface area contributed by atoms with Crippen molar-refractivity contribution in [3.8, 4) is 67.3 Å². The molecule has 11 aromatic rings. The highest BCUT2D eigenvalue weighted by Crippen LogP contribution is 2.45. The number of hydrogen-bond donors (Lipinski definition) is 0. The Morgan fingerprint density at radius 3 is 1.34 bits per heavy atom. The Morgan fingerprint density at radius 2 is 0.732 bits per heavy atom. The lowest BCUT2D eigenvalue weighted by Gasteiger charge is -2.15. The second-order valence-electron chi connectivity index (χ2n) is 14.1. The van der Waals surface area contributed by atoms with Gasteiger partial charge in [-0.05, 0) is 69.8 Å². The summed E-state index contributed by atoms with van der Waals surface area (Å²) in [4.78, 5) is 10.6. The molecule has 0 fully saturated rings. The minimum Gasteiger partial charge on any atom is -0.228 e. The third-order valence-corrected chi connectivity index (χ3v) is 13.1. The van der Waals surface area contributed by atoms with Crippen molar-refractivity contribution in [2.45, 2.75) is 0 Å². The molecule has 8 aromatic carbocycles. The van der Waals surface area contributed by atoms with Crippen LogP contribution in [0.5, 0.6) is 0 Å². The van der Waals surface area contributed by atoms with Crippen LogP contribution in [-0.4, -0.2) is 9.97 Å². The average Bonchev–Trinajstić information content (AvgIpc) is 3.85. The van der Waals surface area contributed by atoms with Gasteiger partial charge in [-0.1, -0.05) is 158 Å². The molecule has 0 aliphatic rings. The quantitative estimate of drug-likeness (QED) is 0.169. The SMILES string of the molecule is c1ccc(-c2nc(-c3cc(-c4cccc5c4sc4ccccc45)cc(-c4cccc5c4sc4ccccc45)c3)cc(-c3ccccc3-c3ccccc3)n2)cc1. The van der Waals surface area contributed by atoms with E-state index in [0.29, 0.717) is 5.82 Å². The highest BCUT2D eigenvalue weighted by atomic mass is 32.1. The van der Waals surface area contributed by atoms with Crippen molar-refractivity contribution in [3.63, 3.8) is 0 Å². The van der Waals surface area contributed by atoms with E-state index in [2.05, 4.69) is 188 Å². The van der Waals surface area contributed by atoms with Crippen LogP contribution in [0.3, 0.4) is 0 Å². The van der Waals surface area contributed by atoms with Crippen LogP contribution in [0.25, 0.3) is 108 Å². The summed E-state index contributed by atoms with van der Waals surface area (Å²) in [6.07, 6.45) is 0. The fourth-order valence-corrected chi connectivity index (χ4v) is 10.5. The number of benzene rings is 8. The molecule has 0 bridgehead atoms. The Hall–Kier alpha value is -6.72. The topological polar surface area (TPSA) is 25.8 Å². The van der Waals surface area contributed by atoms with Gasteiger partial charge in [0, 0.05) is 57.0 Å². The fraction of sp³-hybridized carbons (Fsp3) is 0. The van der Waals surface area contributed by atoms with Gasteiger partial charge in [0.25, 0.3) is 0 Å². The molecule has 3 heterocycles. The predicted molar refractivity (Wildman–Crippen MR) is 240 cm³/mol. The number of aromatic nitrogens is 2. The largest absolute Gasteiger partial charge is 0.228 e. The van der Waals surface area contributed by atoms with E-state index in [1.807, 2.05) is 28.7 Å². The molecule has 0 aliphatic carbocycles. The molecule has 0 saturated carbocycles. The van der Waals surface area contributed by atoms with Crippen molar-refractivity contribution in [2.24, 2.45) is 0 Å². The number of hydrogen-bond acceptors (Lipinski definition) is 4. The first kappa shape index (κ1) is 32.7. The molecule has 0 spiro atoms. The third kappa shape index (κ3) is 5.62. The molecule has 2 nitrogen and oxygen atoms in total. The Kier molecular flexibility index (Phi) is 7.90. The van der Waals surface area contributed by atoms with Gasteiger partial charge >= 0.3 is 0 Å². The second-order valence-corrected chi connectivity index (χ2v) is 16.2. The van der Waals surface area contributed by atoms with E-state index < -0.39 is 0 Å². The summed E-state index contributed by atoms with van der Waals surface area (Å²) in [6.45, 7) is 0. The molecule has 0 saturated heterocycles. The minimum absolute atomic E-state index is 0.700. The van der Waals surface area contributed by atoms with Crippen LogP contribution in [0.4, 0.5) is 0 Å². The van der Waals surface area contributed by atoms with Gasteiger partial charge in [0.1, 0.15) is 0 Å². The first-order chi connectivity index (χ1) is 27.7. The van der Waals surface area contributed by atoms with Crippen LogP contribution in [0.15, 0.2) is 194 Å². The van der Waals surface area contributed by atoms with Crippen molar-refractivity contribution in [3.05, 3.63) is 194 Å². The zero-order valence-corrected chi connectivity index (χ0v) is 31.8. The molecule has 0 amide bonds. The molecule has 0 atom stereocenters. The molecule has 11 rings (SSSR count). The number of thiophene rings is 2. The van der Waals surface area contributed by atoms with Crippen molar-refractivity contribution in [2.75, 3.05) is 0 Å². The van der Waals surface area contributed by atoms with Crippen LogP contribution in [0.2, 0.25) is 0 Å². The van der Waals surface area contributed by atoms with E-state index in [1.165, 1.54) is 62.6 Å². The third-order valence-electron chi connectivity index (χ3n) is 10.7. The molecule has 0 radical (unpaired) electrons. The summed E-state index contributed by atoms with van der Waals surface area (Å²) in [5.41, 5.74) is 11.9. The minimum atomic E-state index is 0.700. The first-order valence-corrected chi connectivity index (χ1v) is 20.4. The van der Waals surface area contributed by atoms with Gasteiger partial charge in [0.2, 0.25) is 0 Å². The average molecular weight is 749 g/mol. The summed E-state index contributed by atoms with van der Waals surface area (Å²) in [6, 6.07) is 69.6. The molecule has 3 aromatic heterocycles. The van der Waals surface area contributed by atoms with Gasteiger partial charge in [-0.3, -0.25) is 0 Å². The fourth-order valence-electron chi connectivity index (χ4n) is 8.06.